The molecule has 0 radical (unpaired) electrons. The number of benzene rings is 2. The van der Waals surface area contributed by atoms with Crippen molar-refractivity contribution in [2.24, 2.45) is 0 Å². The maximum atomic E-state index is 11.8. The molecule has 6 rings (SSSR count). The summed E-state index contributed by atoms with van der Waals surface area (Å²) in [5.41, 5.74) is 3.74. The molecule has 0 spiro atoms. The summed E-state index contributed by atoms with van der Waals surface area (Å²) in [7, 11) is -0.317. The molecule has 38 heavy (non-hydrogen) atoms. The number of hydrogen-bond donors (Lipinski definition) is 1. The van der Waals surface area contributed by atoms with Crippen LogP contribution in [0.2, 0.25) is 0 Å². The van der Waals surface area contributed by atoms with Crippen molar-refractivity contribution in [3.05, 3.63) is 105 Å². The van der Waals surface area contributed by atoms with Crippen LogP contribution in [0.4, 0.5) is 0 Å². The highest BCUT2D eigenvalue weighted by molar-refractivity contribution is 9.10. The third-order valence-electron chi connectivity index (χ3n) is 7.02. The van der Waals surface area contributed by atoms with E-state index in [1.165, 1.54) is 10.4 Å². The highest BCUT2D eigenvalue weighted by Crippen LogP contribution is 2.36. The lowest BCUT2D eigenvalue weighted by atomic mass is 9.79. The van der Waals surface area contributed by atoms with Gasteiger partial charge in [0.25, 0.3) is 5.56 Å². The number of halogens is 1. The normalized spacial score (nSPS) is 15.9. The van der Waals surface area contributed by atoms with Gasteiger partial charge in [-0.25, -0.2) is 0 Å². The molecule has 0 unspecified atom stereocenters. The average molecular weight is 590 g/mol. The van der Waals surface area contributed by atoms with Crippen LogP contribution in [0.1, 0.15) is 33.3 Å². The molecule has 6 nitrogen and oxygen atoms in total. The second kappa shape index (κ2) is 10.7. The van der Waals surface area contributed by atoms with Gasteiger partial charge in [-0.1, -0.05) is 36.4 Å². The van der Waals surface area contributed by atoms with E-state index < -0.39 is 0 Å². The van der Waals surface area contributed by atoms with Crippen molar-refractivity contribution in [2.75, 3.05) is 0 Å². The molecule has 2 aromatic carbocycles. The van der Waals surface area contributed by atoms with Crippen LogP contribution in [0, 0.1) is 0 Å². The van der Waals surface area contributed by atoms with Gasteiger partial charge >= 0.3 is 7.12 Å². The van der Waals surface area contributed by atoms with Gasteiger partial charge in [-0.2, -0.15) is 5.10 Å². The molecular formula is C29H29BBrN3O3S. The number of aromatic nitrogens is 3. The largest absolute Gasteiger partial charge is 0.494 e. The first kappa shape index (κ1) is 26.6. The fourth-order valence-corrected chi connectivity index (χ4v) is 5.27. The van der Waals surface area contributed by atoms with Gasteiger partial charge in [-0.05, 0) is 89.9 Å². The minimum Gasteiger partial charge on any atom is -0.399 e. The second-order valence-electron chi connectivity index (χ2n) is 10.3. The predicted molar refractivity (Wildman–Crippen MR) is 159 cm³/mol. The predicted octanol–water partition coefficient (Wildman–Crippen LogP) is 6.25. The topological polar surface area (TPSA) is 69.1 Å². The van der Waals surface area contributed by atoms with E-state index in [1.54, 1.807) is 28.0 Å². The van der Waals surface area contributed by atoms with Crippen LogP contribution < -0.4 is 11.0 Å². The van der Waals surface area contributed by atoms with Crippen LogP contribution in [0.25, 0.3) is 21.3 Å². The summed E-state index contributed by atoms with van der Waals surface area (Å²) < 4.78 is 14.7. The Balaban J connectivity index is 0.000000156. The van der Waals surface area contributed by atoms with E-state index in [9.17, 15) is 4.79 Å². The minimum absolute atomic E-state index is 0.00901. The summed E-state index contributed by atoms with van der Waals surface area (Å²) in [6.45, 7) is 8.81. The monoisotopic (exact) mass is 589 g/mol. The quantitative estimate of drug-likeness (QED) is 0.252. The lowest BCUT2D eigenvalue weighted by molar-refractivity contribution is 0.00578. The second-order valence-corrected chi connectivity index (χ2v) is 12.2. The Morgan fingerprint density at radius 2 is 1.79 bits per heavy atom. The standard InChI is InChI=1S/C16H12BrNOS.C13H17BN2O2/c17-14-6-7-16(19)18(11-14)10-12-3-1-4-13(9-12)15-5-2-8-20-15;1-12(2)13(3,4)18-14(17-12)10-6-5-9-8-15-16-11(9)7-10/h1-9,11H,10H2;5-8H,1-4H3,(H,15,16). The van der Waals surface area contributed by atoms with E-state index in [2.05, 4.69) is 77.4 Å². The van der Waals surface area contributed by atoms with Gasteiger partial charge in [0.15, 0.2) is 0 Å². The molecule has 1 aliphatic heterocycles. The Bertz CT molecular complexity index is 1590. The van der Waals surface area contributed by atoms with Crippen molar-refractivity contribution in [1.29, 1.82) is 0 Å². The number of pyridine rings is 1. The van der Waals surface area contributed by atoms with Crippen LogP contribution in [0.15, 0.2) is 93.8 Å². The average Bonchev–Trinajstić information content (AvgIpc) is 3.62. The van der Waals surface area contributed by atoms with Gasteiger partial charge in [0.05, 0.1) is 29.5 Å². The number of rotatable bonds is 4. The molecule has 1 aliphatic rings. The maximum Gasteiger partial charge on any atom is 0.494 e. The fraction of sp³-hybridized carbons (Fsp3) is 0.241. The Morgan fingerprint density at radius 3 is 2.53 bits per heavy atom. The molecule has 0 aliphatic carbocycles. The highest BCUT2D eigenvalue weighted by atomic mass is 79.9. The van der Waals surface area contributed by atoms with Gasteiger partial charge in [0.2, 0.25) is 0 Å². The molecule has 0 atom stereocenters. The molecule has 1 saturated heterocycles. The van der Waals surface area contributed by atoms with E-state index in [0.717, 1.165) is 26.4 Å². The Morgan fingerprint density at radius 1 is 1.00 bits per heavy atom. The SMILES string of the molecule is CC1(C)OB(c2ccc3cn[nH]c3c2)OC1(C)C.O=c1ccc(Br)cn1Cc1cccc(-c2cccs2)c1. The van der Waals surface area contributed by atoms with E-state index in [-0.39, 0.29) is 23.9 Å². The van der Waals surface area contributed by atoms with Crippen molar-refractivity contribution in [2.45, 2.75) is 45.4 Å². The van der Waals surface area contributed by atoms with Gasteiger partial charge in [0.1, 0.15) is 0 Å². The molecule has 0 bridgehead atoms. The molecule has 5 aromatic rings. The van der Waals surface area contributed by atoms with Crippen molar-refractivity contribution >= 4 is 50.8 Å². The van der Waals surface area contributed by atoms with Crippen molar-refractivity contribution in [3.8, 4) is 10.4 Å². The molecular weight excluding hydrogens is 561 g/mol. The van der Waals surface area contributed by atoms with Crippen molar-refractivity contribution < 1.29 is 9.31 Å². The number of nitrogens with zero attached hydrogens (tertiary/aromatic N) is 2. The number of thiophene rings is 1. The summed E-state index contributed by atoms with van der Waals surface area (Å²) in [5, 5.41) is 10.1. The molecule has 0 amide bonds. The Kier molecular flexibility index (Phi) is 7.46. The summed E-state index contributed by atoms with van der Waals surface area (Å²) in [4.78, 5) is 13.1. The molecule has 3 aromatic heterocycles. The summed E-state index contributed by atoms with van der Waals surface area (Å²) >= 11 is 5.12. The smallest absolute Gasteiger partial charge is 0.399 e. The Labute approximate surface area is 234 Å². The first-order valence-electron chi connectivity index (χ1n) is 12.4. The minimum atomic E-state index is -0.317. The maximum absolute atomic E-state index is 11.8. The van der Waals surface area contributed by atoms with Crippen LogP contribution in [0.3, 0.4) is 0 Å². The number of fused-ring (bicyclic) bond motifs is 1. The van der Waals surface area contributed by atoms with E-state index in [0.29, 0.717) is 6.54 Å². The third-order valence-corrected chi connectivity index (χ3v) is 8.41. The molecule has 0 saturated carbocycles. The fourth-order valence-electron chi connectivity index (χ4n) is 4.17. The lowest BCUT2D eigenvalue weighted by Crippen LogP contribution is -2.41. The van der Waals surface area contributed by atoms with Gasteiger partial charge < -0.3 is 13.9 Å². The highest BCUT2D eigenvalue weighted by Gasteiger charge is 2.51. The Hall–Kier alpha value is -2.98. The van der Waals surface area contributed by atoms with E-state index >= 15 is 0 Å². The number of aromatic amines is 1. The molecule has 1 fully saturated rings. The first-order valence-corrected chi connectivity index (χ1v) is 14.1. The van der Waals surface area contributed by atoms with E-state index in [4.69, 9.17) is 9.31 Å². The zero-order chi connectivity index (χ0) is 26.9. The van der Waals surface area contributed by atoms with Gasteiger partial charge in [0, 0.05) is 27.0 Å². The van der Waals surface area contributed by atoms with E-state index in [1.807, 2.05) is 48.8 Å². The number of nitrogens with one attached hydrogen (secondary N) is 1. The third kappa shape index (κ3) is 5.71. The van der Waals surface area contributed by atoms with Crippen LogP contribution >= 0.6 is 27.3 Å². The number of hydrogen-bond acceptors (Lipinski definition) is 5. The van der Waals surface area contributed by atoms with Crippen LogP contribution in [-0.4, -0.2) is 33.1 Å². The summed E-state index contributed by atoms with van der Waals surface area (Å²) in [5.74, 6) is 0. The lowest BCUT2D eigenvalue weighted by Gasteiger charge is -2.32. The number of H-pyrrole nitrogens is 1. The van der Waals surface area contributed by atoms with Crippen LogP contribution in [-0.2, 0) is 15.9 Å². The molecule has 1 N–H and O–H groups in total. The zero-order valence-corrected chi connectivity index (χ0v) is 24.2. The molecule has 4 heterocycles. The molecule has 9 heteroatoms. The zero-order valence-electron chi connectivity index (χ0n) is 21.8. The van der Waals surface area contributed by atoms with Crippen molar-refractivity contribution in [1.82, 2.24) is 14.8 Å². The van der Waals surface area contributed by atoms with Gasteiger partial charge in [-0.15, -0.1) is 11.3 Å². The van der Waals surface area contributed by atoms with Gasteiger partial charge in [-0.3, -0.25) is 9.89 Å². The first-order chi connectivity index (χ1) is 18.1. The summed E-state index contributed by atoms with van der Waals surface area (Å²) in [6, 6.07) is 21.9. The summed E-state index contributed by atoms with van der Waals surface area (Å²) in [6.07, 6.45) is 3.63. The van der Waals surface area contributed by atoms with Crippen molar-refractivity contribution in [3.63, 3.8) is 0 Å². The van der Waals surface area contributed by atoms with Crippen LogP contribution in [0.5, 0.6) is 0 Å². The molecule has 194 valence electrons.